The van der Waals surface area contributed by atoms with Gasteiger partial charge >= 0.3 is 12.2 Å². The molecular formula is C28H35F4N7O2. The highest BCUT2D eigenvalue weighted by Gasteiger charge is 2.49. The van der Waals surface area contributed by atoms with Gasteiger partial charge in [0.05, 0.1) is 29.1 Å². The van der Waals surface area contributed by atoms with Crippen LogP contribution in [0.5, 0.6) is 6.01 Å². The van der Waals surface area contributed by atoms with E-state index in [-0.39, 0.29) is 48.3 Å². The van der Waals surface area contributed by atoms with Crippen LogP contribution >= 0.6 is 0 Å². The fraction of sp³-hybridized carbons (Fsp3) is 0.679. The van der Waals surface area contributed by atoms with E-state index in [2.05, 4.69) is 20.1 Å². The van der Waals surface area contributed by atoms with Crippen LogP contribution in [0, 0.1) is 6.92 Å². The van der Waals surface area contributed by atoms with Gasteiger partial charge in [-0.1, -0.05) is 0 Å². The van der Waals surface area contributed by atoms with E-state index in [1.165, 1.54) is 13.0 Å². The molecule has 2 bridgehead atoms. The molecule has 41 heavy (non-hydrogen) atoms. The zero-order valence-electron chi connectivity index (χ0n) is 23.0. The van der Waals surface area contributed by atoms with Crippen molar-refractivity contribution in [2.45, 2.75) is 88.1 Å². The lowest BCUT2D eigenvalue weighted by molar-refractivity contribution is -0.140. The summed E-state index contributed by atoms with van der Waals surface area (Å²) in [6.07, 6.45) is -1.99. The van der Waals surface area contributed by atoms with Crippen LogP contribution in [-0.4, -0.2) is 76.4 Å². The van der Waals surface area contributed by atoms with Crippen molar-refractivity contribution in [3.05, 3.63) is 34.1 Å². The lowest BCUT2D eigenvalue weighted by Gasteiger charge is -2.37. The van der Waals surface area contributed by atoms with E-state index in [9.17, 15) is 17.6 Å². The van der Waals surface area contributed by atoms with Crippen LogP contribution in [0.1, 0.15) is 66.3 Å². The van der Waals surface area contributed by atoms with Crippen LogP contribution in [0.25, 0.3) is 0 Å². The van der Waals surface area contributed by atoms with E-state index in [1.54, 1.807) is 0 Å². The molecule has 2 aromatic heterocycles. The predicted octanol–water partition coefficient (Wildman–Crippen LogP) is 3.49. The van der Waals surface area contributed by atoms with Gasteiger partial charge in [0.2, 0.25) is 0 Å². The Morgan fingerprint density at radius 2 is 1.95 bits per heavy atom. The smallest absolute Gasteiger partial charge is 0.418 e. The Morgan fingerprint density at radius 1 is 1.17 bits per heavy atom. The van der Waals surface area contributed by atoms with Gasteiger partial charge in [-0.15, -0.1) is 0 Å². The van der Waals surface area contributed by atoms with Crippen molar-refractivity contribution in [1.29, 1.82) is 0 Å². The number of ether oxygens (including phenoxy) is 2. The maximum atomic E-state index is 14.4. The third kappa shape index (κ3) is 4.89. The second-order valence-corrected chi connectivity index (χ2v) is 12.3. The minimum atomic E-state index is -4.61. The molecule has 4 fully saturated rings. The van der Waals surface area contributed by atoms with Crippen LogP contribution in [0.4, 0.5) is 29.2 Å². The van der Waals surface area contributed by atoms with Gasteiger partial charge in [0.25, 0.3) is 0 Å². The summed E-state index contributed by atoms with van der Waals surface area (Å²) >= 11 is 0. The number of aromatic nitrogens is 3. The Balaban J connectivity index is 1.23. The van der Waals surface area contributed by atoms with E-state index in [0.29, 0.717) is 36.6 Å². The van der Waals surface area contributed by atoms with E-state index < -0.39 is 24.0 Å². The molecule has 4 saturated heterocycles. The van der Waals surface area contributed by atoms with Crippen molar-refractivity contribution in [2.75, 3.05) is 43.4 Å². The zero-order chi connectivity index (χ0) is 28.5. The standard InChI is InChI=1S/C28H35F4N7O2/c1-15-7-22(33)36-24(23(15)28(30,31)32)21-8-20-19(13-40-21)25(38-11-17-3-4-18(12-38)34-17)37-26(35-20)41-14-27-5-2-6-39(27)10-16(29)9-27/h7,16-18,21,34H,2-6,8-14H2,1H3,(H2,33,36). The number of nitrogen functional groups attached to an aromatic ring is 1. The molecule has 5 aliphatic rings. The van der Waals surface area contributed by atoms with Gasteiger partial charge in [-0.2, -0.15) is 23.1 Å². The molecule has 0 spiro atoms. The number of anilines is 2. The second kappa shape index (κ2) is 9.91. The number of pyridine rings is 1. The van der Waals surface area contributed by atoms with Gasteiger partial charge in [-0.25, -0.2) is 9.37 Å². The van der Waals surface area contributed by atoms with Crippen molar-refractivity contribution in [3.8, 4) is 6.01 Å². The Labute approximate surface area is 235 Å². The molecule has 0 amide bonds. The van der Waals surface area contributed by atoms with Gasteiger partial charge in [-0.3, -0.25) is 4.90 Å². The fourth-order valence-electron chi connectivity index (χ4n) is 7.67. The van der Waals surface area contributed by atoms with E-state index in [4.69, 9.17) is 25.2 Å². The van der Waals surface area contributed by atoms with Gasteiger partial charge in [-0.05, 0) is 50.8 Å². The highest BCUT2D eigenvalue weighted by molar-refractivity contribution is 5.52. The van der Waals surface area contributed by atoms with Crippen molar-refractivity contribution < 1.29 is 27.0 Å². The number of alkyl halides is 4. The molecule has 9 nitrogen and oxygen atoms in total. The largest absolute Gasteiger partial charge is 0.461 e. The summed E-state index contributed by atoms with van der Waals surface area (Å²) in [5.74, 6) is 0.705. The Morgan fingerprint density at radius 3 is 2.71 bits per heavy atom. The van der Waals surface area contributed by atoms with Crippen LogP contribution in [0.2, 0.25) is 0 Å². The normalized spacial score (nSPS) is 31.4. The summed E-state index contributed by atoms with van der Waals surface area (Å²) < 4.78 is 68.9. The number of nitrogens with two attached hydrogens (primary N) is 1. The topological polar surface area (TPSA) is 102 Å². The summed E-state index contributed by atoms with van der Waals surface area (Å²) in [6, 6.07) is 2.09. The van der Waals surface area contributed by atoms with Crippen molar-refractivity contribution in [2.24, 2.45) is 0 Å². The molecule has 0 saturated carbocycles. The SMILES string of the molecule is Cc1cc(N)nc(C2Cc3nc(OCC45CCCN4CC(F)C5)nc(N4CC5CCC(C4)N5)c3CO2)c1C(F)(F)F. The minimum Gasteiger partial charge on any atom is -0.461 e. The molecule has 0 aliphatic carbocycles. The number of nitrogens with zero attached hydrogens (tertiary/aromatic N) is 5. The monoisotopic (exact) mass is 577 g/mol. The molecule has 0 radical (unpaired) electrons. The first kappa shape index (κ1) is 27.1. The first-order chi connectivity index (χ1) is 19.6. The van der Waals surface area contributed by atoms with Crippen LogP contribution < -0.4 is 20.7 Å². The number of rotatable bonds is 5. The van der Waals surface area contributed by atoms with Crippen LogP contribution in [-0.2, 0) is 23.9 Å². The molecular weight excluding hydrogens is 542 g/mol. The molecule has 5 atom stereocenters. The number of hydrogen-bond acceptors (Lipinski definition) is 9. The summed E-state index contributed by atoms with van der Waals surface area (Å²) in [7, 11) is 0. The summed E-state index contributed by atoms with van der Waals surface area (Å²) in [4.78, 5) is 18.0. The number of hydrogen-bond donors (Lipinski definition) is 2. The first-order valence-electron chi connectivity index (χ1n) is 14.5. The lowest BCUT2D eigenvalue weighted by Crippen LogP contribution is -2.52. The quantitative estimate of drug-likeness (QED) is 0.517. The predicted molar refractivity (Wildman–Crippen MR) is 142 cm³/mol. The molecule has 5 unspecified atom stereocenters. The third-order valence-corrected chi connectivity index (χ3v) is 9.46. The van der Waals surface area contributed by atoms with Crippen molar-refractivity contribution >= 4 is 11.6 Å². The Hall–Kier alpha value is -2.77. The Kier molecular flexibility index (Phi) is 6.55. The summed E-state index contributed by atoms with van der Waals surface area (Å²) in [5.41, 5.74) is 5.79. The van der Waals surface area contributed by atoms with E-state index in [1.807, 2.05) is 0 Å². The highest BCUT2D eigenvalue weighted by atomic mass is 19.4. The third-order valence-electron chi connectivity index (χ3n) is 9.46. The second-order valence-electron chi connectivity index (χ2n) is 12.3. The van der Waals surface area contributed by atoms with E-state index >= 15 is 0 Å². The molecule has 222 valence electrons. The van der Waals surface area contributed by atoms with E-state index in [0.717, 1.165) is 50.9 Å². The number of halogens is 4. The highest BCUT2D eigenvalue weighted by Crippen LogP contribution is 2.43. The maximum absolute atomic E-state index is 14.4. The molecule has 7 rings (SSSR count). The average molecular weight is 578 g/mol. The van der Waals surface area contributed by atoms with Gasteiger partial charge in [0.1, 0.15) is 30.5 Å². The molecule has 7 heterocycles. The lowest BCUT2D eigenvalue weighted by atomic mass is 9.95. The average Bonchev–Trinajstić information content (AvgIpc) is 3.55. The number of aryl methyl sites for hydroxylation is 1. The van der Waals surface area contributed by atoms with Gasteiger partial charge < -0.3 is 25.4 Å². The maximum Gasteiger partial charge on any atom is 0.418 e. The summed E-state index contributed by atoms with van der Waals surface area (Å²) in [5, 5.41) is 3.62. The fourth-order valence-corrected chi connectivity index (χ4v) is 7.67. The number of piperazine rings is 1. The number of fused-ring (bicyclic) bond motifs is 4. The van der Waals surface area contributed by atoms with Gasteiger partial charge in [0, 0.05) is 50.1 Å². The van der Waals surface area contributed by atoms with Crippen molar-refractivity contribution in [1.82, 2.24) is 25.2 Å². The summed E-state index contributed by atoms with van der Waals surface area (Å²) in [6.45, 7) is 4.47. The van der Waals surface area contributed by atoms with Crippen LogP contribution in [0.15, 0.2) is 6.07 Å². The van der Waals surface area contributed by atoms with Gasteiger partial charge in [0.15, 0.2) is 0 Å². The molecule has 2 aromatic rings. The zero-order valence-corrected chi connectivity index (χ0v) is 23.0. The molecule has 3 N–H and O–H groups in total. The molecule has 0 aromatic carbocycles. The number of nitrogens with one attached hydrogen (secondary N) is 1. The first-order valence-corrected chi connectivity index (χ1v) is 14.5. The Bertz CT molecular complexity index is 1330. The minimum absolute atomic E-state index is 0.00110. The molecule has 5 aliphatic heterocycles. The molecule has 13 heteroatoms. The van der Waals surface area contributed by atoms with Crippen LogP contribution in [0.3, 0.4) is 0 Å². The van der Waals surface area contributed by atoms with Crippen molar-refractivity contribution in [3.63, 3.8) is 0 Å².